The average molecular weight is 673 g/mol. The molecule has 8 fully saturated rings. The molecule has 0 aromatic carbocycles. The molecule has 0 bridgehead atoms. The number of aliphatic hydroxyl groups is 1. The van der Waals surface area contributed by atoms with Gasteiger partial charge in [0.15, 0.2) is 6.29 Å². The predicted octanol–water partition coefficient (Wildman–Crippen LogP) is 5.77. The first-order valence-electron chi connectivity index (χ1n) is 19.4. The Morgan fingerprint density at radius 1 is 1.02 bits per heavy atom. The lowest BCUT2D eigenvalue weighted by atomic mass is 9.41. The first-order valence-corrected chi connectivity index (χ1v) is 19.4. The number of hydrogen-bond donors (Lipinski definition) is 2. The molecule has 13 atom stereocenters. The van der Waals surface area contributed by atoms with Crippen molar-refractivity contribution in [1.29, 1.82) is 0 Å². The van der Waals surface area contributed by atoms with E-state index in [0.29, 0.717) is 40.5 Å². The maximum Gasteiger partial charge on any atom is 0.408 e. The Hall–Kier alpha value is -0.970. The fourth-order valence-electron chi connectivity index (χ4n) is 14.2. The van der Waals surface area contributed by atoms with E-state index < -0.39 is 5.60 Å². The number of cyclic esters (lactones) is 1. The summed E-state index contributed by atoms with van der Waals surface area (Å²) in [6.07, 6.45) is 9.58. The molecular weight excluding hydrogens is 608 g/mol. The van der Waals surface area contributed by atoms with Gasteiger partial charge in [0.1, 0.15) is 5.60 Å². The number of nitrogens with zero attached hydrogens (tertiary/aromatic N) is 1. The first-order chi connectivity index (χ1) is 22.6. The zero-order chi connectivity index (χ0) is 34.1. The molecule has 9 heteroatoms. The molecule has 7 unspecified atom stereocenters. The maximum atomic E-state index is 12.2. The number of amides is 1. The molecule has 1 amide bonds. The van der Waals surface area contributed by atoms with E-state index >= 15 is 0 Å². The smallest absolute Gasteiger partial charge is 0.408 e. The van der Waals surface area contributed by atoms with Crippen LogP contribution in [0.2, 0.25) is 0 Å². The molecule has 9 nitrogen and oxygen atoms in total. The number of aliphatic hydroxyl groups excluding tert-OH is 1. The van der Waals surface area contributed by atoms with Crippen molar-refractivity contribution in [3.05, 3.63) is 0 Å². The summed E-state index contributed by atoms with van der Waals surface area (Å²) in [5.74, 6) is 1.96. The molecule has 2 N–H and O–H groups in total. The standard InChI is InChI=1S/C39H64N2O7/c1-23(17-26(44-8)32-35(4,5)48-33(43)40-32)25-18-29(42)37(7)28-10-9-27-34(2,3)30(47-31-19-41(15-16-46-31)24-20-45-21-24)11-12-38(27)22-39(28,38)14-13-36(25,37)6/h23-32,42H,9-22H2,1-8H3,(H,40,43)/t23-,25-,26?,27+,28?,29+,30?,31+,32?,36?,37-,38?,39?/m1/s1. The number of rotatable bonds is 8. The minimum Gasteiger partial charge on any atom is -0.441 e. The summed E-state index contributed by atoms with van der Waals surface area (Å²) >= 11 is 0. The van der Waals surface area contributed by atoms with Crippen LogP contribution < -0.4 is 5.32 Å². The van der Waals surface area contributed by atoms with Crippen molar-refractivity contribution in [3.63, 3.8) is 0 Å². The van der Waals surface area contributed by atoms with Gasteiger partial charge in [-0.25, -0.2) is 4.79 Å². The molecule has 0 aromatic heterocycles. The van der Waals surface area contributed by atoms with Crippen LogP contribution in [0, 0.1) is 50.7 Å². The SMILES string of the molecule is COC(C[C@@H](C)[C@H]1C[C@H](O)[C@@]2(C)C3CC[C@H]4C(C)(C)C(O[C@H]5CN(C6COC6)CCO5)CCC45CC35CCC12C)C1NC(=O)OC1(C)C. The topological polar surface area (TPSA) is 98.7 Å². The van der Waals surface area contributed by atoms with Crippen molar-refractivity contribution in [3.8, 4) is 0 Å². The van der Waals surface area contributed by atoms with Gasteiger partial charge in [-0.15, -0.1) is 0 Å². The number of nitrogens with one attached hydrogen (secondary N) is 1. The van der Waals surface area contributed by atoms with Crippen LogP contribution in [0.15, 0.2) is 0 Å². The highest BCUT2D eigenvalue weighted by Crippen LogP contribution is 2.89. The van der Waals surface area contributed by atoms with Crippen molar-refractivity contribution >= 4 is 6.09 Å². The summed E-state index contributed by atoms with van der Waals surface area (Å²) in [7, 11) is 1.76. The monoisotopic (exact) mass is 672 g/mol. The third-order valence-electron chi connectivity index (χ3n) is 17.1. The normalized spacial score (nSPS) is 50.5. The number of carbonyl (C=O) groups is 1. The molecule has 3 heterocycles. The van der Waals surface area contributed by atoms with Gasteiger partial charge in [0.25, 0.3) is 0 Å². The van der Waals surface area contributed by atoms with Gasteiger partial charge in [-0.3, -0.25) is 4.90 Å². The van der Waals surface area contributed by atoms with Crippen LogP contribution in [-0.2, 0) is 23.7 Å². The van der Waals surface area contributed by atoms with Crippen LogP contribution in [0.5, 0.6) is 0 Å². The van der Waals surface area contributed by atoms with Gasteiger partial charge >= 0.3 is 6.09 Å². The number of carbonyl (C=O) groups excluding carboxylic acids is 1. The number of methoxy groups -OCH3 is 1. The van der Waals surface area contributed by atoms with E-state index in [1.54, 1.807) is 7.11 Å². The first kappa shape index (κ1) is 34.1. The molecule has 5 aliphatic carbocycles. The summed E-state index contributed by atoms with van der Waals surface area (Å²) in [5, 5.41) is 15.2. The largest absolute Gasteiger partial charge is 0.441 e. The van der Waals surface area contributed by atoms with Gasteiger partial charge in [0, 0.05) is 19.1 Å². The van der Waals surface area contributed by atoms with Crippen LogP contribution in [0.4, 0.5) is 4.79 Å². The second-order valence-corrected chi connectivity index (χ2v) is 19.3. The van der Waals surface area contributed by atoms with Crippen LogP contribution in [0.25, 0.3) is 0 Å². The Labute approximate surface area is 288 Å². The molecule has 3 aliphatic heterocycles. The zero-order valence-electron chi connectivity index (χ0n) is 31.0. The van der Waals surface area contributed by atoms with E-state index in [2.05, 4.69) is 44.8 Å². The molecule has 8 aliphatic rings. The highest BCUT2D eigenvalue weighted by molar-refractivity contribution is 5.71. The lowest BCUT2D eigenvalue weighted by Gasteiger charge is -2.64. The third kappa shape index (κ3) is 4.58. The van der Waals surface area contributed by atoms with Crippen molar-refractivity contribution in [2.24, 2.45) is 50.7 Å². The molecule has 2 spiro atoms. The molecule has 0 radical (unpaired) electrons. The van der Waals surface area contributed by atoms with Crippen molar-refractivity contribution < 1.29 is 33.6 Å². The number of alkyl carbamates (subject to hydrolysis) is 1. The highest BCUT2D eigenvalue weighted by Gasteiger charge is 2.83. The number of morpholine rings is 1. The Morgan fingerprint density at radius 2 is 1.75 bits per heavy atom. The summed E-state index contributed by atoms with van der Waals surface area (Å²) in [4.78, 5) is 14.7. The van der Waals surface area contributed by atoms with Gasteiger partial charge < -0.3 is 34.1 Å². The maximum absolute atomic E-state index is 12.2. The van der Waals surface area contributed by atoms with Gasteiger partial charge in [-0.1, -0.05) is 34.6 Å². The van der Waals surface area contributed by atoms with Gasteiger partial charge in [0.05, 0.1) is 56.8 Å². The summed E-state index contributed by atoms with van der Waals surface area (Å²) in [5.41, 5.74) is 0.156. The Kier molecular flexibility index (Phi) is 8.01. The Balaban J connectivity index is 0.983. The fourth-order valence-corrected chi connectivity index (χ4v) is 14.2. The lowest BCUT2D eigenvalue weighted by molar-refractivity contribution is -0.256. The minimum atomic E-state index is -0.617. The molecular formula is C39H64N2O7. The molecule has 272 valence electrons. The van der Waals surface area contributed by atoms with Crippen molar-refractivity contribution in [1.82, 2.24) is 10.2 Å². The Morgan fingerprint density at radius 3 is 2.42 bits per heavy atom. The zero-order valence-corrected chi connectivity index (χ0v) is 31.0. The molecule has 8 rings (SSSR count). The second kappa shape index (κ2) is 11.3. The molecule has 5 saturated carbocycles. The number of ether oxygens (including phenoxy) is 5. The lowest BCUT2D eigenvalue weighted by Crippen LogP contribution is -2.60. The average Bonchev–Trinajstić information content (AvgIpc) is 3.51. The third-order valence-corrected chi connectivity index (χ3v) is 17.1. The van der Waals surface area contributed by atoms with Gasteiger partial charge in [-0.2, -0.15) is 0 Å². The highest BCUT2D eigenvalue weighted by atomic mass is 16.7. The van der Waals surface area contributed by atoms with Gasteiger partial charge in [0.2, 0.25) is 0 Å². The van der Waals surface area contributed by atoms with E-state index in [0.717, 1.165) is 52.2 Å². The van der Waals surface area contributed by atoms with E-state index in [4.69, 9.17) is 23.7 Å². The van der Waals surface area contributed by atoms with Crippen LogP contribution in [0.1, 0.15) is 106 Å². The van der Waals surface area contributed by atoms with Crippen LogP contribution in [0.3, 0.4) is 0 Å². The van der Waals surface area contributed by atoms with Gasteiger partial charge in [-0.05, 0) is 117 Å². The van der Waals surface area contributed by atoms with E-state index in [9.17, 15) is 9.90 Å². The van der Waals surface area contributed by atoms with Crippen molar-refractivity contribution in [2.75, 3.05) is 40.0 Å². The Bertz CT molecular complexity index is 1270. The minimum absolute atomic E-state index is 0.0626. The molecule has 48 heavy (non-hydrogen) atoms. The number of hydrogen-bond acceptors (Lipinski definition) is 8. The van der Waals surface area contributed by atoms with E-state index in [1.807, 2.05) is 13.8 Å². The second-order valence-electron chi connectivity index (χ2n) is 19.3. The summed E-state index contributed by atoms with van der Waals surface area (Å²) < 4.78 is 30.2. The van der Waals surface area contributed by atoms with Crippen molar-refractivity contribution in [2.45, 2.75) is 149 Å². The predicted molar refractivity (Wildman–Crippen MR) is 181 cm³/mol. The van der Waals surface area contributed by atoms with E-state index in [1.165, 1.54) is 38.5 Å². The molecule has 0 aromatic rings. The van der Waals surface area contributed by atoms with Crippen LogP contribution >= 0.6 is 0 Å². The molecule has 3 saturated heterocycles. The fraction of sp³-hybridized carbons (Fsp3) is 0.974. The number of fused-ring (bicyclic) bond motifs is 2. The summed E-state index contributed by atoms with van der Waals surface area (Å²) in [6.45, 7) is 20.6. The van der Waals surface area contributed by atoms with Crippen LogP contribution in [-0.4, -0.2) is 98.4 Å². The summed E-state index contributed by atoms with van der Waals surface area (Å²) in [6, 6.07) is 0.330. The quantitative estimate of drug-likeness (QED) is 0.336. The van der Waals surface area contributed by atoms with E-state index in [-0.39, 0.29) is 53.0 Å².